The Morgan fingerprint density at radius 1 is 1.28 bits per heavy atom. The molecule has 1 unspecified atom stereocenters. The van der Waals surface area contributed by atoms with Crippen LogP contribution in [0.25, 0.3) is 6.08 Å². The molecule has 1 saturated heterocycles. The van der Waals surface area contributed by atoms with Crippen LogP contribution in [0, 0.1) is 0 Å². The van der Waals surface area contributed by atoms with Crippen molar-refractivity contribution in [3.8, 4) is 11.5 Å². The molecule has 2 aromatic rings. The van der Waals surface area contributed by atoms with Crippen LogP contribution in [0.3, 0.4) is 0 Å². The van der Waals surface area contributed by atoms with Gasteiger partial charge in [0.05, 0.1) is 12.7 Å². The number of carbonyl (C=O) groups is 1. The highest BCUT2D eigenvalue weighted by atomic mass is 16.5. The number of piperazine rings is 1. The molecule has 1 heterocycles. The van der Waals surface area contributed by atoms with Crippen molar-refractivity contribution in [2.75, 3.05) is 52.3 Å². The smallest absolute Gasteiger partial charge is 0.189 e. The van der Waals surface area contributed by atoms with E-state index in [-0.39, 0.29) is 29.7 Å². The van der Waals surface area contributed by atoms with E-state index in [4.69, 9.17) is 4.74 Å². The molecule has 1 atom stereocenters. The number of ketones is 1. The van der Waals surface area contributed by atoms with Gasteiger partial charge in [0.15, 0.2) is 5.78 Å². The summed E-state index contributed by atoms with van der Waals surface area (Å²) in [6.07, 6.45) is 3.91. The van der Waals surface area contributed by atoms with Crippen molar-refractivity contribution in [1.29, 1.82) is 0 Å². The number of nitrogens with one attached hydrogen (secondary N) is 1. The number of ether oxygens (including phenoxy) is 1. The second-order valence-corrected chi connectivity index (χ2v) is 8.21. The van der Waals surface area contributed by atoms with Crippen LogP contribution in [-0.2, 0) is 6.54 Å². The third kappa shape index (κ3) is 5.88. The van der Waals surface area contributed by atoms with Crippen LogP contribution in [-0.4, -0.2) is 74.4 Å². The van der Waals surface area contributed by atoms with Gasteiger partial charge >= 0.3 is 0 Å². The van der Waals surface area contributed by atoms with E-state index in [0.717, 1.165) is 36.4 Å². The Labute approximate surface area is 189 Å². The number of nitrogens with zero attached hydrogens (tertiary/aromatic N) is 2. The number of hydrogen-bond acceptors (Lipinski definition) is 7. The number of phenols is 1. The van der Waals surface area contributed by atoms with Gasteiger partial charge in [-0.2, -0.15) is 0 Å². The number of rotatable bonds is 9. The fourth-order valence-corrected chi connectivity index (χ4v) is 3.93. The first-order valence-electron chi connectivity index (χ1n) is 10.9. The van der Waals surface area contributed by atoms with E-state index >= 15 is 0 Å². The summed E-state index contributed by atoms with van der Waals surface area (Å²) in [5.74, 6) is 0.175. The van der Waals surface area contributed by atoms with Crippen LogP contribution in [0.1, 0.15) is 27.9 Å². The lowest BCUT2D eigenvalue weighted by Gasteiger charge is -2.36. The number of aliphatic hydroxyl groups excluding tert-OH is 1. The summed E-state index contributed by atoms with van der Waals surface area (Å²) in [5, 5.41) is 23.2. The molecule has 0 aromatic heterocycles. The van der Waals surface area contributed by atoms with E-state index in [1.807, 2.05) is 43.3 Å². The summed E-state index contributed by atoms with van der Waals surface area (Å²) >= 11 is 0. The average Bonchev–Trinajstić information content (AvgIpc) is 2.80. The monoisotopic (exact) mass is 439 g/mol. The van der Waals surface area contributed by atoms with E-state index < -0.39 is 0 Å². The maximum Gasteiger partial charge on any atom is 0.189 e. The minimum Gasteiger partial charge on any atom is -0.507 e. The normalized spacial score (nSPS) is 16.9. The van der Waals surface area contributed by atoms with Gasteiger partial charge in [-0.05, 0) is 36.3 Å². The molecule has 3 rings (SSSR count). The van der Waals surface area contributed by atoms with Crippen LogP contribution in [0.4, 0.5) is 5.69 Å². The number of phenolic OH excluding ortho intramolecular Hbond substituents is 1. The zero-order valence-corrected chi connectivity index (χ0v) is 19.0. The number of carbonyl (C=O) groups excluding carboxylic acids is 1. The number of anilines is 1. The minimum absolute atomic E-state index is 0.101. The Bertz CT molecular complexity index is 939. The fourth-order valence-electron chi connectivity index (χ4n) is 3.93. The van der Waals surface area contributed by atoms with Crippen molar-refractivity contribution in [3.05, 3.63) is 59.2 Å². The molecule has 1 fully saturated rings. The predicted molar refractivity (Wildman–Crippen MR) is 128 cm³/mol. The molecule has 0 spiro atoms. The quantitative estimate of drug-likeness (QED) is 0.409. The molecule has 1 aliphatic rings. The summed E-state index contributed by atoms with van der Waals surface area (Å²) in [7, 11) is 5.51. The van der Waals surface area contributed by atoms with E-state index in [1.165, 1.54) is 12.1 Å². The summed E-state index contributed by atoms with van der Waals surface area (Å²) < 4.78 is 5.47. The van der Waals surface area contributed by atoms with Gasteiger partial charge in [0.25, 0.3) is 0 Å². The number of aromatic hydroxyl groups is 1. The Kier molecular flexibility index (Phi) is 8.27. The lowest BCUT2D eigenvalue weighted by Crippen LogP contribution is -2.51. The van der Waals surface area contributed by atoms with Crippen molar-refractivity contribution in [2.24, 2.45) is 0 Å². The Hall–Kier alpha value is -2.87. The Morgan fingerprint density at radius 3 is 2.69 bits per heavy atom. The highest BCUT2D eigenvalue weighted by molar-refractivity contribution is 6.08. The van der Waals surface area contributed by atoms with Gasteiger partial charge in [-0.3, -0.25) is 9.69 Å². The highest BCUT2D eigenvalue weighted by Gasteiger charge is 2.24. The maximum atomic E-state index is 12.9. The number of hydrogen-bond donors (Lipinski definition) is 3. The Balaban J connectivity index is 1.81. The zero-order chi connectivity index (χ0) is 23.1. The minimum atomic E-state index is -0.268. The maximum absolute atomic E-state index is 12.9. The number of benzene rings is 2. The number of methoxy groups -OCH3 is 1. The lowest BCUT2D eigenvalue weighted by atomic mass is 10.0. The summed E-state index contributed by atoms with van der Waals surface area (Å²) in [5.41, 5.74) is 3.07. The molecule has 7 nitrogen and oxygen atoms in total. The van der Waals surface area contributed by atoms with Crippen molar-refractivity contribution < 1.29 is 19.7 Å². The Morgan fingerprint density at radius 2 is 2.03 bits per heavy atom. The molecule has 0 radical (unpaired) electrons. The summed E-state index contributed by atoms with van der Waals surface area (Å²) in [6, 6.07) is 11.3. The van der Waals surface area contributed by atoms with Gasteiger partial charge in [0.1, 0.15) is 11.5 Å². The van der Waals surface area contributed by atoms with Gasteiger partial charge in [-0.25, -0.2) is 0 Å². The van der Waals surface area contributed by atoms with Crippen LogP contribution < -0.4 is 15.0 Å². The van der Waals surface area contributed by atoms with E-state index in [1.54, 1.807) is 19.3 Å². The molecule has 2 aromatic carbocycles. The van der Waals surface area contributed by atoms with E-state index in [2.05, 4.69) is 10.2 Å². The third-order valence-electron chi connectivity index (χ3n) is 5.81. The highest BCUT2D eigenvalue weighted by Crippen LogP contribution is 2.31. The zero-order valence-electron chi connectivity index (χ0n) is 19.0. The van der Waals surface area contributed by atoms with Crippen LogP contribution in [0.15, 0.2) is 42.5 Å². The SMILES string of the molecule is COc1cc(O)c(C(=O)/C=C/c2ccc(N(C)C)cc2)cc1CN1CCNCC1CCO. The molecule has 3 N–H and O–H groups in total. The molecule has 0 aliphatic carbocycles. The van der Waals surface area contributed by atoms with Crippen LogP contribution in [0.5, 0.6) is 11.5 Å². The summed E-state index contributed by atoms with van der Waals surface area (Å²) in [6.45, 7) is 3.21. The molecule has 0 bridgehead atoms. The van der Waals surface area contributed by atoms with Gasteiger partial charge in [0.2, 0.25) is 0 Å². The van der Waals surface area contributed by atoms with Crippen molar-refractivity contribution in [2.45, 2.75) is 19.0 Å². The van der Waals surface area contributed by atoms with Gasteiger partial charge < -0.3 is 25.2 Å². The predicted octanol–water partition coefficient (Wildman–Crippen LogP) is 2.52. The molecular formula is C25H33N3O4. The fraction of sp³-hybridized carbons (Fsp3) is 0.400. The third-order valence-corrected chi connectivity index (χ3v) is 5.81. The topological polar surface area (TPSA) is 85.3 Å². The summed E-state index contributed by atoms with van der Waals surface area (Å²) in [4.78, 5) is 17.2. The molecule has 0 saturated carbocycles. The van der Waals surface area contributed by atoms with Gasteiger partial charge in [0, 0.05) is 70.2 Å². The van der Waals surface area contributed by atoms with Crippen LogP contribution >= 0.6 is 0 Å². The van der Waals surface area contributed by atoms with E-state index in [9.17, 15) is 15.0 Å². The van der Waals surface area contributed by atoms with Crippen molar-refractivity contribution >= 4 is 17.5 Å². The largest absolute Gasteiger partial charge is 0.507 e. The van der Waals surface area contributed by atoms with Crippen molar-refractivity contribution in [1.82, 2.24) is 10.2 Å². The molecule has 1 aliphatic heterocycles. The first-order chi connectivity index (χ1) is 15.4. The van der Waals surface area contributed by atoms with Crippen molar-refractivity contribution in [3.63, 3.8) is 0 Å². The second kappa shape index (κ2) is 11.1. The first-order valence-corrected chi connectivity index (χ1v) is 10.9. The molecule has 172 valence electrons. The van der Waals surface area contributed by atoms with Crippen LogP contribution in [0.2, 0.25) is 0 Å². The lowest BCUT2D eigenvalue weighted by molar-refractivity contribution is 0.104. The first kappa shape index (κ1) is 23.8. The standard InChI is InChI=1S/C25H33N3O4/c1-27(2)20-7-4-18(5-8-20)6-9-23(30)22-14-19(25(32-3)15-24(22)31)17-28-12-11-26-16-21(28)10-13-29/h4-9,14-15,21,26,29,31H,10-13,16-17H2,1-3H3/b9-6+. The molecule has 7 heteroatoms. The number of aliphatic hydroxyl groups is 1. The number of allylic oxidation sites excluding steroid dienone is 1. The second-order valence-electron chi connectivity index (χ2n) is 8.21. The van der Waals surface area contributed by atoms with Gasteiger partial charge in [-0.1, -0.05) is 18.2 Å². The van der Waals surface area contributed by atoms with E-state index in [0.29, 0.717) is 18.7 Å². The molecule has 0 amide bonds. The molecule has 32 heavy (non-hydrogen) atoms. The van der Waals surface area contributed by atoms with Gasteiger partial charge in [-0.15, -0.1) is 0 Å². The molecular weight excluding hydrogens is 406 g/mol. The average molecular weight is 440 g/mol.